The highest BCUT2D eigenvalue weighted by Gasteiger charge is 2.25. The maximum Gasteiger partial charge on any atom is 0.252 e. The van der Waals surface area contributed by atoms with E-state index in [1.807, 2.05) is 48.5 Å². The highest BCUT2D eigenvalue weighted by molar-refractivity contribution is 7.89. The fraction of sp³-hybridized carbons (Fsp3) is 0.269. The molecule has 0 spiro atoms. The first kappa shape index (κ1) is 27.8. The number of benzene rings is 3. The summed E-state index contributed by atoms with van der Waals surface area (Å²) in [6.07, 6.45) is 0.644. The van der Waals surface area contributed by atoms with Gasteiger partial charge >= 0.3 is 0 Å². The summed E-state index contributed by atoms with van der Waals surface area (Å²) in [7, 11) is 2.04. The second-order valence-electron chi connectivity index (χ2n) is 8.26. The van der Waals surface area contributed by atoms with E-state index in [0.717, 1.165) is 15.4 Å². The van der Waals surface area contributed by atoms with Gasteiger partial charge in [-0.15, -0.1) is 0 Å². The minimum atomic E-state index is -3.87. The monoisotopic (exact) mass is 550 g/mol. The highest BCUT2D eigenvalue weighted by Crippen LogP contribution is 2.33. The van der Waals surface area contributed by atoms with E-state index in [0.29, 0.717) is 17.9 Å². The van der Waals surface area contributed by atoms with Gasteiger partial charge in [0, 0.05) is 26.6 Å². The number of nitrogens with one attached hydrogen (secondary N) is 1. The first-order chi connectivity index (χ1) is 17.1. The van der Waals surface area contributed by atoms with Crippen molar-refractivity contribution in [2.75, 3.05) is 34.9 Å². The Labute approximate surface area is 222 Å². The number of hydrogen-bond donors (Lipinski definition) is 1. The number of carbonyl (C=O) groups excluding carboxylic acids is 1. The molecule has 1 N–H and O–H groups in total. The Morgan fingerprint density at radius 2 is 1.61 bits per heavy atom. The van der Waals surface area contributed by atoms with Gasteiger partial charge in [-0.05, 0) is 41.8 Å². The molecule has 0 aliphatic carbocycles. The summed E-state index contributed by atoms with van der Waals surface area (Å²) in [6.45, 7) is 0.262. The maximum atomic E-state index is 13.1. The molecule has 0 saturated carbocycles. The molecule has 0 saturated heterocycles. The van der Waals surface area contributed by atoms with Gasteiger partial charge in [-0.1, -0.05) is 59.6 Å². The van der Waals surface area contributed by atoms with Gasteiger partial charge in [0.2, 0.25) is 10.0 Å². The van der Waals surface area contributed by atoms with E-state index in [-0.39, 0.29) is 33.0 Å². The van der Waals surface area contributed by atoms with E-state index in [9.17, 15) is 13.2 Å². The van der Waals surface area contributed by atoms with Crippen LogP contribution < -0.4 is 14.8 Å². The Bertz CT molecular complexity index is 1330. The summed E-state index contributed by atoms with van der Waals surface area (Å²) in [5.41, 5.74) is 2.05. The molecule has 192 valence electrons. The second-order valence-corrected chi connectivity index (χ2v) is 11.2. The van der Waals surface area contributed by atoms with Crippen LogP contribution in [-0.2, 0) is 16.4 Å². The first-order valence-electron chi connectivity index (χ1n) is 11.0. The minimum absolute atomic E-state index is 0.0206. The summed E-state index contributed by atoms with van der Waals surface area (Å²) in [6, 6.07) is 18.0. The predicted octanol–water partition coefficient (Wildman–Crippen LogP) is 5.02. The molecule has 3 aromatic rings. The molecule has 0 bridgehead atoms. The molecule has 10 heteroatoms. The van der Waals surface area contributed by atoms with Gasteiger partial charge in [-0.3, -0.25) is 4.79 Å². The van der Waals surface area contributed by atoms with Crippen molar-refractivity contribution in [1.82, 2.24) is 9.62 Å². The lowest BCUT2D eigenvalue weighted by Gasteiger charge is -2.20. The molecule has 0 radical (unpaired) electrons. The van der Waals surface area contributed by atoms with Crippen LogP contribution in [0, 0.1) is 0 Å². The van der Waals surface area contributed by atoms with Crippen molar-refractivity contribution < 1.29 is 22.7 Å². The van der Waals surface area contributed by atoms with Gasteiger partial charge in [-0.25, -0.2) is 12.7 Å². The molecular formula is C26H28Cl2N2O5S. The molecule has 0 unspecified atom stereocenters. The van der Waals surface area contributed by atoms with Crippen LogP contribution in [0.15, 0.2) is 65.6 Å². The topological polar surface area (TPSA) is 84.9 Å². The van der Waals surface area contributed by atoms with Crippen LogP contribution in [0.4, 0.5) is 0 Å². The number of ether oxygens (including phenoxy) is 2. The molecule has 0 fully saturated rings. The van der Waals surface area contributed by atoms with Crippen molar-refractivity contribution >= 4 is 39.1 Å². The molecule has 3 rings (SSSR count). The first-order valence-corrected chi connectivity index (χ1v) is 13.2. The van der Waals surface area contributed by atoms with Crippen LogP contribution in [-0.4, -0.2) is 53.5 Å². The SMILES string of the molecule is COc1ccc([C@H](CNC(=O)c2cc(S(=O)(=O)N(C)C)c(Cl)cc2Cl)Cc2ccccc2)cc1OC. The minimum Gasteiger partial charge on any atom is -0.493 e. The van der Waals surface area contributed by atoms with Crippen molar-refractivity contribution in [2.24, 2.45) is 0 Å². The number of hydrogen-bond acceptors (Lipinski definition) is 5. The van der Waals surface area contributed by atoms with Crippen LogP contribution in [0.5, 0.6) is 11.5 Å². The number of rotatable bonds is 10. The fourth-order valence-corrected chi connectivity index (χ4v) is 5.45. The van der Waals surface area contributed by atoms with Crippen LogP contribution in [0.3, 0.4) is 0 Å². The third kappa shape index (κ3) is 6.31. The molecular weight excluding hydrogens is 523 g/mol. The van der Waals surface area contributed by atoms with Crippen LogP contribution >= 0.6 is 23.2 Å². The van der Waals surface area contributed by atoms with Gasteiger partial charge in [-0.2, -0.15) is 0 Å². The van der Waals surface area contributed by atoms with Crippen LogP contribution in [0.1, 0.15) is 27.4 Å². The van der Waals surface area contributed by atoms with Gasteiger partial charge in [0.1, 0.15) is 4.90 Å². The molecule has 1 amide bonds. The Kier molecular flexibility index (Phi) is 9.24. The molecule has 1 atom stereocenters. The zero-order chi connectivity index (χ0) is 26.5. The fourth-order valence-electron chi connectivity index (χ4n) is 3.72. The second kappa shape index (κ2) is 12.0. The largest absolute Gasteiger partial charge is 0.493 e. The highest BCUT2D eigenvalue weighted by atomic mass is 35.5. The quantitative estimate of drug-likeness (QED) is 0.383. The average Bonchev–Trinajstić information content (AvgIpc) is 2.86. The van der Waals surface area contributed by atoms with Crippen molar-refractivity contribution in [1.29, 1.82) is 0 Å². The third-order valence-electron chi connectivity index (χ3n) is 5.74. The van der Waals surface area contributed by atoms with E-state index in [1.165, 1.54) is 26.2 Å². The molecule has 7 nitrogen and oxygen atoms in total. The third-order valence-corrected chi connectivity index (χ3v) is 8.33. The van der Waals surface area contributed by atoms with Gasteiger partial charge in [0.25, 0.3) is 5.91 Å². The number of carbonyl (C=O) groups is 1. The summed E-state index contributed by atoms with van der Waals surface area (Å²) in [4.78, 5) is 13.0. The lowest BCUT2D eigenvalue weighted by atomic mass is 9.91. The number of methoxy groups -OCH3 is 2. The van der Waals surface area contributed by atoms with Gasteiger partial charge in [0.15, 0.2) is 11.5 Å². The van der Waals surface area contributed by atoms with Gasteiger partial charge < -0.3 is 14.8 Å². The molecule has 0 aromatic heterocycles. The normalized spacial score (nSPS) is 12.3. The Morgan fingerprint density at radius 1 is 0.944 bits per heavy atom. The standard InChI is InChI=1S/C26H28Cl2N2O5S/c1-30(2)36(32,33)25-14-20(21(27)15-22(25)28)26(31)29-16-19(12-17-8-6-5-7-9-17)18-10-11-23(34-3)24(13-18)35-4/h5-11,13-15,19H,12,16H2,1-4H3,(H,29,31)/t19-/m0/s1. The van der Waals surface area contributed by atoms with E-state index in [4.69, 9.17) is 32.7 Å². The molecule has 3 aromatic carbocycles. The number of halogens is 2. The van der Waals surface area contributed by atoms with E-state index in [1.54, 1.807) is 14.2 Å². The Morgan fingerprint density at radius 3 is 2.22 bits per heavy atom. The number of nitrogens with zero attached hydrogens (tertiary/aromatic N) is 1. The van der Waals surface area contributed by atoms with Gasteiger partial charge in [0.05, 0.1) is 29.8 Å². The predicted molar refractivity (Wildman–Crippen MR) is 142 cm³/mol. The van der Waals surface area contributed by atoms with Crippen LogP contribution in [0.2, 0.25) is 10.0 Å². The van der Waals surface area contributed by atoms with Crippen molar-refractivity contribution in [3.63, 3.8) is 0 Å². The Balaban J connectivity index is 1.91. The summed E-state index contributed by atoms with van der Waals surface area (Å²) >= 11 is 12.4. The molecule has 36 heavy (non-hydrogen) atoms. The van der Waals surface area contributed by atoms with Crippen LogP contribution in [0.25, 0.3) is 0 Å². The zero-order valence-corrected chi connectivity index (χ0v) is 22.7. The Hall–Kier alpha value is -2.78. The molecule has 0 heterocycles. The van der Waals surface area contributed by atoms with E-state index < -0.39 is 15.9 Å². The molecule has 0 aliphatic rings. The molecule has 0 aliphatic heterocycles. The summed E-state index contributed by atoms with van der Waals surface area (Å²) in [5.74, 6) is 0.558. The lowest BCUT2D eigenvalue weighted by Crippen LogP contribution is -2.30. The smallest absolute Gasteiger partial charge is 0.252 e. The lowest BCUT2D eigenvalue weighted by molar-refractivity contribution is 0.0951. The van der Waals surface area contributed by atoms with E-state index >= 15 is 0 Å². The summed E-state index contributed by atoms with van der Waals surface area (Å²) in [5, 5.41) is 2.90. The van der Waals surface area contributed by atoms with Crippen molar-refractivity contribution in [3.05, 3.63) is 87.4 Å². The maximum absolute atomic E-state index is 13.1. The number of sulfonamides is 1. The zero-order valence-electron chi connectivity index (χ0n) is 20.4. The number of amides is 1. The summed E-state index contributed by atoms with van der Waals surface area (Å²) < 4.78 is 37.1. The average molecular weight is 551 g/mol. The van der Waals surface area contributed by atoms with Crippen molar-refractivity contribution in [2.45, 2.75) is 17.2 Å². The van der Waals surface area contributed by atoms with Crippen molar-refractivity contribution in [3.8, 4) is 11.5 Å². The van der Waals surface area contributed by atoms with E-state index in [2.05, 4.69) is 5.32 Å².